The maximum Gasteiger partial charge on any atom is 0.258 e. The topological polar surface area (TPSA) is 56.8 Å². The molecule has 0 saturated heterocycles. The van der Waals surface area contributed by atoms with Crippen molar-refractivity contribution in [2.24, 2.45) is 0 Å². The van der Waals surface area contributed by atoms with E-state index < -0.39 is 0 Å². The lowest BCUT2D eigenvalue weighted by Gasteiger charge is -2.23. The fourth-order valence-electron chi connectivity index (χ4n) is 5.72. The molecule has 0 aliphatic carbocycles. The first kappa shape index (κ1) is 28.0. The van der Waals surface area contributed by atoms with Gasteiger partial charge in [0.05, 0.1) is 18.0 Å². The minimum Gasteiger partial charge on any atom is -0.493 e. The molecule has 0 bridgehead atoms. The highest BCUT2D eigenvalue weighted by Gasteiger charge is 2.25. The third-order valence-corrected chi connectivity index (χ3v) is 8.07. The van der Waals surface area contributed by atoms with E-state index in [1.165, 1.54) is 30.5 Å². The fraction of sp³-hybridized carbons (Fsp3) is 0.441. The number of carbonyl (C=O) groups excluding carboxylic acids is 1. The second kappa shape index (κ2) is 13.2. The first-order valence-corrected chi connectivity index (χ1v) is 15.0. The van der Waals surface area contributed by atoms with E-state index in [9.17, 15) is 4.79 Å². The Morgan fingerprint density at radius 1 is 1.02 bits per heavy atom. The van der Waals surface area contributed by atoms with Gasteiger partial charge in [-0.1, -0.05) is 38.0 Å². The molecule has 6 heteroatoms. The largest absolute Gasteiger partial charge is 0.493 e. The van der Waals surface area contributed by atoms with Crippen LogP contribution in [-0.4, -0.2) is 56.7 Å². The highest BCUT2D eigenvalue weighted by Crippen LogP contribution is 2.36. The number of anilines is 3. The van der Waals surface area contributed by atoms with Gasteiger partial charge in [0.15, 0.2) is 0 Å². The van der Waals surface area contributed by atoms with Crippen LogP contribution >= 0.6 is 0 Å². The molecule has 0 saturated carbocycles. The van der Waals surface area contributed by atoms with Crippen molar-refractivity contribution in [2.45, 2.75) is 58.4 Å². The molecule has 0 aromatic heterocycles. The number of para-hydroxylation sites is 2. The number of unbranched alkanes of at least 4 members (excludes halogenated alkanes) is 2. The van der Waals surface area contributed by atoms with Crippen LogP contribution in [0.2, 0.25) is 0 Å². The Labute approximate surface area is 239 Å². The Morgan fingerprint density at radius 2 is 1.88 bits per heavy atom. The van der Waals surface area contributed by atoms with E-state index in [4.69, 9.17) is 4.74 Å². The van der Waals surface area contributed by atoms with Gasteiger partial charge in [-0.15, -0.1) is 0 Å². The van der Waals surface area contributed by atoms with E-state index in [2.05, 4.69) is 66.8 Å². The summed E-state index contributed by atoms with van der Waals surface area (Å²) in [6.07, 6.45) is 6.61. The summed E-state index contributed by atoms with van der Waals surface area (Å²) in [6, 6.07) is 20.9. The molecule has 5 rings (SSSR count). The van der Waals surface area contributed by atoms with Crippen molar-refractivity contribution >= 4 is 23.0 Å². The molecule has 212 valence electrons. The summed E-state index contributed by atoms with van der Waals surface area (Å²) in [6.45, 7) is 8.79. The lowest BCUT2D eigenvalue weighted by atomic mass is 9.99. The summed E-state index contributed by atoms with van der Waals surface area (Å²) in [5.74, 6) is 0.786. The van der Waals surface area contributed by atoms with E-state index >= 15 is 0 Å². The number of amides is 1. The van der Waals surface area contributed by atoms with Gasteiger partial charge in [-0.05, 0) is 99.8 Å². The Morgan fingerprint density at radius 3 is 2.75 bits per heavy atom. The number of carbonyl (C=O) groups is 1. The Hall–Kier alpha value is -3.51. The summed E-state index contributed by atoms with van der Waals surface area (Å²) in [7, 11) is 2.19. The average Bonchev–Trinajstić information content (AvgIpc) is 3.37. The summed E-state index contributed by atoms with van der Waals surface area (Å²) in [5.41, 5.74) is 7.30. The minimum absolute atomic E-state index is 0.00793. The number of hydrogen-bond donors (Lipinski definition) is 2. The van der Waals surface area contributed by atoms with Crippen LogP contribution in [0.3, 0.4) is 0 Å². The Bertz CT molecular complexity index is 1310. The van der Waals surface area contributed by atoms with Gasteiger partial charge in [0.1, 0.15) is 5.75 Å². The lowest BCUT2D eigenvalue weighted by molar-refractivity contribution is 0.0986. The summed E-state index contributed by atoms with van der Waals surface area (Å²) >= 11 is 0. The molecular formula is C34H44N4O2. The zero-order chi connectivity index (χ0) is 27.9. The van der Waals surface area contributed by atoms with Gasteiger partial charge in [-0.3, -0.25) is 4.79 Å². The Kier molecular flexibility index (Phi) is 9.27. The molecule has 3 aromatic carbocycles. The van der Waals surface area contributed by atoms with Crippen LogP contribution < -0.4 is 20.3 Å². The van der Waals surface area contributed by atoms with Crippen molar-refractivity contribution in [1.82, 2.24) is 4.90 Å². The maximum absolute atomic E-state index is 13.9. The number of benzene rings is 3. The molecule has 3 aromatic rings. The van der Waals surface area contributed by atoms with E-state index in [1.807, 2.05) is 35.2 Å². The third-order valence-electron chi connectivity index (χ3n) is 8.07. The standard InChI is InChI=1S/C34H44N4O2/c1-4-5-8-19-37(3)20-9-22-40-33-24-28(12-14-29(33)26-13-15-30-27(23-26)16-18-35-30)34(39)38-21-17-25(2)36-31-10-6-7-11-32(31)38/h6-7,10-15,23-25,35-36H,4-5,8-9,16-22H2,1-3H3/t25-/m0/s1. The van der Waals surface area contributed by atoms with E-state index in [1.54, 1.807) is 0 Å². The number of ether oxygens (including phenoxy) is 1. The zero-order valence-corrected chi connectivity index (χ0v) is 24.3. The van der Waals surface area contributed by atoms with Gasteiger partial charge in [0.2, 0.25) is 0 Å². The molecule has 0 unspecified atom stereocenters. The van der Waals surface area contributed by atoms with Gasteiger partial charge in [-0.2, -0.15) is 0 Å². The smallest absolute Gasteiger partial charge is 0.258 e. The SMILES string of the molecule is CCCCCN(C)CCCOc1cc(C(=O)N2CC[C@H](C)Nc3ccccc32)ccc1-c1ccc2c(c1)CCN2. The number of nitrogens with one attached hydrogen (secondary N) is 2. The average molecular weight is 541 g/mol. The second-order valence-corrected chi connectivity index (χ2v) is 11.3. The number of fused-ring (bicyclic) bond motifs is 2. The first-order chi connectivity index (χ1) is 19.5. The van der Waals surface area contributed by atoms with Crippen LogP contribution in [0.15, 0.2) is 60.7 Å². The molecule has 1 amide bonds. The highest BCUT2D eigenvalue weighted by atomic mass is 16.5. The van der Waals surface area contributed by atoms with E-state index in [-0.39, 0.29) is 5.91 Å². The second-order valence-electron chi connectivity index (χ2n) is 11.3. The van der Waals surface area contributed by atoms with Crippen molar-refractivity contribution in [2.75, 3.05) is 55.4 Å². The quantitative estimate of drug-likeness (QED) is 0.255. The first-order valence-electron chi connectivity index (χ1n) is 15.0. The normalized spacial score (nSPS) is 16.1. The molecule has 2 aliphatic rings. The van der Waals surface area contributed by atoms with Gasteiger partial charge < -0.3 is 25.2 Å². The van der Waals surface area contributed by atoms with E-state index in [0.717, 1.165) is 67.1 Å². The Balaban J connectivity index is 1.38. The molecule has 2 aliphatic heterocycles. The fourth-order valence-corrected chi connectivity index (χ4v) is 5.72. The monoisotopic (exact) mass is 540 g/mol. The van der Waals surface area contributed by atoms with Crippen molar-refractivity contribution in [3.05, 3.63) is 71.8 Å². The molecule has 0 spiro atoms. The minimum atomic E-state index is 0.00793. The van der Waals surface area contributed by atoms with Crippen LogP contribution in [0.1, 0.15) is 61.9 Å². The maximum atomic E-state index is 13.9. The zero-order valence-electron chi connectivity index (χ0n) is 24.3. The van der Waals surface area contributed by atoms with Crippen LogP contribution in [0.4, 0.5) is 17.1 Å². The van der Waals surface area contributed by atoms with Gasteiger partial charge in [-0.25, -0.2) is 0 Å². The summed E-state index contributed by atoms with van der Waals surface area (Å²) in [5, 5.41) is 7.00. The number of nitrogens with zero attached hydrogens (tertiary/aromatic N) is 2. The molecule has 0 radical (unpaired) electrons. The molecule has 0 fully saturated rings. The molecule has 2 heterocycles. The van der Waals surface area contributed by atoms with E-state index in [0.29, 0.717) is 24.8 Å². The predicted molar refractivity (Wildman–Crippen MR) is 167 cm³/mol. The van der Waals surface area contributed by atoms with Crippen molar-refractivity contribution in [1.29, 1.82) is 0 Å². The van der Waals surface area contributed by atoms with Gasteiger partial charge >= 0.3 is 0 Å². The van der Waals surface area contributed by atoms with Crippen LogP contribution in [0.25, 0.3) is 11.1 Å². The number of hydrogen-bond acceptors (Lipinski definition) is 5. The van der Waals surface area contributed by atoms with Crippen LogP contribution in [0, 0.1) is 0 Å². The van der Waals surface area contributed by atoms with Crippen molar-refractivity contribution < 1.29 is 9.53 Å². The van der Waals surface area contributed by atoms with Crippen LogP contribution in [0.5, 0.6) is 5.75 Å². The van der Waals surface area contributed by atoms with Crippen molar-refractivity contribution in [3.63, 3.8) is 0 Å². The number of rotatable bonds is 11. The predicted octanol–water partition coefficient (Wildman–Crippen LogP) is 7.06. The van der Waals surface area contributed by atoms with Crippen LogP contribution in [-0.2, 0) is 6.42 Å². The van der Waals surface area contributed by atoms with Gasteiger partial charge in [0, 0.05) is 42.5 Å². The molecular weight excluding hydrogens is 496 g/mol. The highest BCUT2D eigenvalue weighted by molar-refractivity contribution is 6.08. The molecule has 6 nitrogen and oxygen atoms in total. The summed E-state index contributed by atoms with van der Waals surface area (Å²) < 4.78 is 6.45. The van der Waals surface area contributed by atoms with Crippen molar-refractivity contribution in [3.8, 4) is 16.9 Å². The summed E-state index contributed by atoms with van der Waals surface area (Å²) in [4.78, 5) is 18.2. The molecule has 1 atom stereocenters. The van der Waals surface area contributed by atoms with Gasteiger partial charge in [0.25, 0.3) is 5.91 Å². The lowest BCUT2D eigenvalue weighted by Crippen LogP contribution is -2.32. The molecule has 40 heavy (non-hydrogen) atoms. The molecule has 2 N–H and O–H groups in total. The third kappa shape index (κ3) is 6.61.